The van der Waals surface area contributed by atoms with Gasteiger partial charge in [0, 0.05) is 24.3 Å². The third kappa shape index (κ3) is 3.92. The smallest absolute Gasteiger partial charge is 0.255 e. The van der Waals surface area contributed by atoms with Crippen LogP contribution in [-0.4, -0.2) is 38.3 Å². The minimum absolute atomic E-state index is 0.176. The van der Waals surface area contributed by atoms with Crippen LogP contribution in [0.5, 0.6) is 0 Å². The van der Waals surface area contributed by atoms with Crippen molar-refractivity contribution in [3.63, 3.8) is 0 Å². The van der Waals surface area contributed by atoms with Gasteiger partial charge in [-0.15, -0.1) is 0 Å². The zero-order chi connectivity index (χ0) is 18.7. The molecule has 2 aromatic carbocycles. The largest absolute Gasteiger partial charge is 0.330 e. The van der Waals surface area contributed by atoms with Crippen LogP contribution < -0.4 is 11.1 Å². The number of carbonyl (C=O) groups is 1. The van der Waals surface area contributed by atoms with E-state index in [2.05, 4.69) is 5.32 Å². The fraction of sp³-hybridized carbons (Fsp3) is 0.278. The summed E-state index contributed by atoms with van der Waals surface area (Å²) in [7, 11) is -3.56. The van der Waals surface area contributed by atoms with Crippen LogP contribution in [0.15, 0.2) is 53.4 Å². The number of nitrogens with two attached hydrogens (primary N) is 1. The number of hydrogen-bond donors (Lipinski definition) is 2. The number of rotatable bonds is 5. The molecule has 0 radical (unpaired) electrons. The zero-order valence-electron chi connectivity index (χ0n) is 14.1. The van der Waals surface area contributed by atoms with Gasteiger partial charge in [0.05, 0.1) is 4.90 Å². The Labute approximate surface area is 151 Å². The number of benzene rings is 2. The second-order valence-corrected chi connectivity index (χ2v) is 8.18. The van der Waals surface area contributed by atoms with E-state index in [9.17, 15) is 17.6 Å². The van der Waals surface area contributed by atoms with E-state index in [0.717, 1.165) is 6.42 Å². The van der Waals surface area contributed by atoms with Crippen molar-refractivity contribution in [2.75, 3.05) is 25.0 Å². The number of hydrogen-bond acceptors (Lipinski definition) is 4. The van der Waals surface area contributed by atoms with Gasteiger partial charge in [-0.05, 0) is 67.4 Å². The first kappa shape index (κ1) is 18.5. The molecule has 2 aromatic rings. The quantitative estimate of drug-likeness (QED) is 0.834. The van der Waals surface area contributed by atoms with Crippen molar-refractivity contribution in [3.05, 3.63) is 59.9 Å². The molecule has 1 amide bonds. The highest BCUT2D eigenvalue weighted by Gasteiger charge is 2.31. The molecule has 3 rings (SSSR count). The Balaban J connectivity index is 1.70. The average Bonchev–Trinajstić information content (AvgIpc) is 3.13. The number of amides is 1. The molecular weight excluding hydrogens is 357 g/mol. The molecule has 1 saturated heterocycles. The van der Waals surface area contributed by atoms with E-state index in [1.54, 1.807) is 0 Å². The Kier molecular flexibility index (Phi) is 5.36. The van der Waals surface area contributed by atoms with Crippen LogP contribution in [0.25, 0.3) is 0 Å². The summed E-state index contributed by atoms with van der Waals surface area (Å²) in [5, 5.41) is 2.66. The summed E-state index contributed by atoms with van der Waals surface area (Å²) in [6, 6.07) is 11.2. The van der Waals surface area contributed by atoms with E-state index in [-0.39, 0.29) is 10.8 Å². The standard InChI is InChI=1S/C18H20FN3O3S/c19-15-3-1-14(2-4-15)18(23)21-16-5-7-17(8-6-16)26(24,25)22-10-9-13(11-20)12-22/h1-8,13H,9-12,20H2,(H,21,23). The summed E-state index contributed by atoms with van der Waals surface area (Å²) in [6.07, 6.45) is 0.765. The SMILES string of the molecule is NCC1CCN(S(=O)(=O)c2ccc(NC(=O)c3ccc(F)cc3)cc2)C1. The summed E-state index contributed by atoms with van der Waals surface area (Å²) in [5.41, 5.74) is 6.39. The first-order valence-corrected chi connectivity index (χ1v) is 9.71. The molecular formula is C18H20FN3O3S. The lowest BCUT2D eigenvalue weighted by Crippen LogP contribution is -2.30. The molecule has 1 fully saturated rings. The molecule has 6 nitrogen and oxygen atoms in total. The highest BCUT2D eigenvalue weighted by molar-refractivity contribution is 7.89. The average molecular weight is 377 g/mol. The van der Waals surface area contributed by atoms with Crippen molar-refractivity contribution in [3.8, 4) is 0 Å². The number of halogens is 1. The fourth-order valence-corrected chi connectivity index (χ4v) is 4.40. The van der Waals surface area contributed by atoms with Gasteiger partial charge in [-0.25, -0.2) is 12.8 Å². The molecule has 0 bridgehead atoms. The number of sulfonamides is 1. The van der Waals surface area contributed by atoms with E-state index in [1.807, 2.05) is 0 Å². The zero-order valence-corrected chi connectivity index (χ0v) is 14.9. The molecule has 8 heteroatoms. The number of nitrogens with one attached hydrogen (secondary N) is 1. The van der Waals surface area contributed by atoms with Gasteiger partial charge in [0.15, 0.2) is 0 Å². The van der Waals surface area contributed by atoms with Crippen molar-refractivity contribution in [2.24, 2.45) is 11.7 Å². The Morgan fingerprint density at radius 3 is 2.38 bits per heavy atom. The predicted octanol–water partition coefficient (Wildman–Crippen LogP) is 2.05. The number of nitrogens with zero attached hydrogens (tertiary/aromatic N) is 1. The Morgan fingerprint density at radius 2 is 1.81 bits per heavy atom. The molecule has 1 aliphatic rings. The molecule has 0 aliphatic carbocycles. The first-order chi connectivity index (χ1) is 12.4. The van der Waals surface area contributed by atoms with Gasteiger partial charge in [-0.1, -0.05) is 0 Å². The lowest BCUT2D eigenvalue weighted by Gasteiger charge is -2.16. The van der Waals surface area contributed by atoms with E-state index < -0.39 is 21.7 Å². The minimum Gasteiger partial charge on any atom is -0.330 e. The van der Waals surface area contributed by atoms with Crippen molar-refractivity contribution < 1.29 is 17.6 Å². The topological polar surface area (TPSA) is 92.5 Å². The van der Waals surface area contributed by atoms with Gasteiger partial charge in [0.1, 0.15) is 5.82 Å². The molecule has 26 heavy (non-hydrogen) atoms. The van der Waals surface area contributed by atoms with Crippen molar-refractivity contribution in [1.82, 2.24) is 4.31 Å². The number of carbonyl (C=O) groups excluding carboxylic acids is 1. The van der Waals surface area contributed by atoms with Crippen LogP contribution in [0.4, 0.5) is 10.1 Å². The lowest BCUT2D eigenvalue weighted by molar-refractivity contribution is 0.102. The monoisotopic (exact) mass is 377 g/mol. The highest BCUT2D eigenvalue weighted by Crippen LogP contribution is 2.24. The molecule has 3 N–H and O–H groups in total. The lowest BCUT2D eigenvalue weighted by atomic mass is 10.1. The Bertz CT molecular complexity index is 883. The molecule has 1 heterocycles. The third-order valence-corrected chi connectivity index (χ3v) is 6.32. The molecule has 0 aromatic heterocycles. The van der Waals surface area contributed by atoms with Gasteiger partial charge >= 0.3 is 0 Å². The summed E-state index contributed by atoms with van der Waals surface area (Å²) < 4.78 is 39.6. The summed E-state index contributed by atoms with van der Waals surface area (Å²) in [4.78, 5) is 12.3. The molecule has 0 saturated carbocycles. The van der Waals surface area contributed by atoms with Crippen LogP contribution in [-0.2, 0) is 10.0 Å². The summed E-state index contributed by atoms with van der Waals surface area (Å²) in [6.45, 7) is 1.37. The summed E-state index contributed by atoms with van der Waals surface area (Å²) in [5.74, 6) is -0.625. The molecule has 0 spiro atoms. The van der Waals surface area contributed by atoms with E-state index in [0.29, 0.717) is 30.9 Å². The van der Waals surface area contributed by atoms with E-state index in [1.165, 1.54) is 52.8 Å². The van der Waals surface area contributed by atoms with Crippen molar-refractivity contribution >= 4 is 21.6 Å². The van der Waals surface area contributed by atoms with Crippen molar-refractivity contribution in [1.29, 1.82) is 0 Å². The second kappa shape index (κ2) is 7.53. The van der Waals surface area contributed by atoms with Crippen LogP contribution in [0, 0.1) is 11.7 Å². The van der Waals surface area contributed by atoms with Crippen LogP contribution in [0.3, 0.4) is 0 Å². The van der Waals surface area contributed by atoms with Crippen LogP contribution in [0.1, 0.15) is 16.8 Å². The first-order valence-electron chi connectivity index (χ1n) is 8.27. The Hall–Kier alpha value is -2.29. The van der Waals surface area contributed by atoms with Crippen LogP contribution >= 0.6 is 0 Å². The van der Waals surface area contributed by atoms with Gasteiger partial charge in [0.2, 0.25) is 10.0 Å². The van der Waals surface area contributed by atoms with Gasteiger partial charge < -0.3 is 11.1 Å². The normalized spacial score (nSPS) is 18.0. The van der Waals surface area contributed by atoms with Crippen molar-refractivity contribution in [2.45, 2.75) is 11.3 Å². The molecule has 1 atom stereocenters. The molecule has 1 aliphatic heterocycles. The third-order valence-electron chi connectivity index (χ3n) is 4.44. The van der Waals surface area contributed by atoms with Gasteiger partial charge in [-0.3, -0.25) is 4.79 Å². The van der Waals surface area contributed by atoms with E-state index >= 15 is 0 Å². The Morgan fingerprint density at radius 1 is 1.15 bits per heavy atom. The summed E-state index contributed by atoms with van der Waals surface area (Å²) >= 11 is 0. The minimum atomic E-state index is -3.56. The molecule has 138 valence electrons. The second-order valence-electron chi connectivity index (χ2n) is 6.24. The molecule has 1 unspecified atom stereocenters. The maximum Gasteiger partial charge on any atom is 0.255 e. The number of anilines is 1. The van der Waals surface area contributed by atoms with E-state index in [4.69, 9.17) is 5.73 Å². The fourth-order valence-electron chi connectivity index (χ4n) is 2.87. The maximum absolute atomic E-state index is 12.9. The predicted molar refractivity (Wildman–Crippen MR) is 96.7 cm³/mol. The van der Waals surface area contributed by atoms with Crippen LogP contribution in [0.2, 0.25) is 0 Å². The maximum atomic E-state index is 12.9. The van der Waals surface area contributed by atoms with Gasteiger partial charge in [-0.2, -0.15) is 4.31 Å². The highest BCUT2D eigenvalue weighted by atomic mass is 32.2. The van der Waals surface area contributed by atoms with Gasteiger partial charge in [0.25, 0.3) is 5.91 Å².